The average Bonchev–Trinajstić information content (AvgIpc) is 3.89. The van der Waals surface area contributed by atoms with Gasteiger partial charge in [0.1, 0.15) is 11.3 Å². The summed E-state index contributed by atoms with van der Waals surface area (Å²) >= 11 is 0. The molecule has 0 saturated heterocycles. The number of furan rings is 1. The van der Waals surface area contributed by atoms with E-state index in [9.17, 15) is 5.11 Å². The first-order valence-corrected chi connectivity index (χ1v) is 20.8. The van der Waals surface area contributed by atoms with Gasteiger partial charge in [0.25, 0.3) is 0 Å². The summed E-state index contributed by atoms with van der Waals surface area (Å²) in [6.07, 6.45) is 4.53. The first-order valence-electron chi connectivity index (χ1n) is 20.8. The molecule has 59 heavy (non-hydrogen) atoms. The van der Waals surface area contributed by atoms with E-state index < -0.39 is 5.41 Å². The number of aromatic nitrogens is 2. The number of pyridine rings is 2. The molecule has 10 rings (SSSR count). The molecule has 1 N–H and O–H groups in total. The van der Waals surface area contributed by atoms with Crippen molar-refractivity contribution in [3.8, 4) is 39.4 Å². The van der Waals surface area contributed by atoms with Crippen LogP contribution in [0.3, 0.4) is 0 Å². The van der Waals surface area contributed by atoms with Gasteiger partial charge in [0.2, 0.25) is 0 Å². The standard InChI is InChI=1S/C54H49N2O2.Pt/c1-32(2)40-16-11-17-41(33(3)4)52(40)37-24-46(43-15-9-10-19-47(43)57)56-51(27-37)53(5,6)50-20-12-18-45(55-50)34-21-22-42-44-23-38-30-54(28-35-13-7-8-14-36(35)29-54)31-39(38)26-49(44)58-48(42)25-34;/h7-20,22-27,32-33,57H,28-31H2,1-6H3;/q-1;. The van der Waals surface area contributed by atoms with Crippen molar-refractivity contribution in [1.29, 1.82) is 0 Å². The molecule has 3 heterocycles. The van der Waals surface area contributed by atoms with E-state index in [0.717, 1.165) is 81.5 Å². The fourth-order valence-corrected chi connectivity index (χ4v) is 9.99. The average molecular weight is 953 g/mol. The van der Waals surface area contributed by atoms with Crippen molar-refractivity contribution in [2.45, 2.75) is 84.5 Å². The molecule has 0 radical (unpaired) electrons. The number of phenolic OH excluding ortho intramolecular Hbond substituents is 1. The number of hydrogen-bond acceptors (Lipinski definition) is 4. The van der Waals surface area contributed by atoms with Gasteiger partial charge in [-0.15, -0.1) is 17.7 Å². The van der Waals surface area contributed by atoms with Crippen molar-refractivity contribution < 1.29 is 30.6 Å². The minimum atomic E-state index is -0.585. The van der Waals surface area contributed by atoms with Gasteiger partial charge in [0.15, 0.2) is 0 Å². The van der Waals surface area contributed by atoms with Gasteiger partial charge in [-0.25, -0.2) is 0 Å². The summed E-state index contributed by atoms with van der Waals surface area (Å²) in [4.78, 5) is 10.6. The molecule has 0 bridgehead atoms. The van der Waals surface area contributed by atoms with Crippen molar-refractivity contribution in [2.75, 3.05) is 0 Å². The molecule has 2 aliphatic rings. The molecule has 5 aromatic carbocycles. The largest absolute Gasteiger partial charge is 0.507 e. The Kier molecular flexibility index (Phi) is 9.79. The maximum Gasteiger partial charge on any atom is 0.124 e. The summed E-state index contributed by atoms with van der Waals surface area (Å²) in [7, 11) is 0. The van der Waals surface area contributed by atoms with Crippen LogP contribution in [-0.2, 0) is 52.2 Å². The second kappa shape index (κ2) is 14.8. The van der Waals surface area contributed by atoms with Crippen LogP contribution >= 0.6 is 0 Å². The molecule has 0 atom stereocenters. The van der Waals surface area contributed by atoms with E-state index in [2.05, 4.69) is 145 Å². The van der Waals surface area contributed by atoms with Crippen LogP contribution < -0.4 is 0 Å². The molecule has 298 valence electrons. The molecule has 0 aliphatic heterocycles. The Morgan fingerprint density at radius 3 is 1.93 bits per heavy atom. The van der Waals surface area contributed by atoms with Gasteiger partial charge in [0, 0.05) is 37.7 Å². The zero-order valence-electron chi connectivity index (χ0n) is 34.6. The molecule has 1 spiro atoms. The summed E-state index contributed by atoms with van der Waals surface area (Å²) in [5, 5.41) is 13.3. The zero-order valence-corrected chi connectivity index (χ0v) is 36.9. The van der Waals surface area contributed by atoms with Gasteiger partial charge in [-0.05, 0) is 149 Å². The Morgan fingerprint density at radius 2 is 1.24 bits per heavy atom. The molecule has 3 aromatic heterocycles. The normalized spacial score (nSPS) is 14.4. The second-order valence-electron chi connectivity index (χ2n) is 18.1. The van der Waals surface area contributed by atoms with Crippen molar-refractivity contribution in [3.63, 3.8) is 0 Å². The van der Waals surface area contributed by atoms with Gasteiger partial charge >= 0.3 is 0 Å². The number of aromatic hydroxyl groups is 1. The molecule has 2 aliphatic carbocycles. The van der Waals surface area contributed by atoms with Crippen LogP contribution in [0.2, 0.25) is 0 Å². The Balaban J connectivity index is 0.00000449. The van der Waals surface area contributed by atoms with Gasteiger partial charge in [-0.2, -0.15) is 0 Å². The molecular formula is C54H49N2O2Pt-. The van der Waals surface area contributed by atoms with Gasteiger partial charge in [-0.3, -0.25) is 4.98 Å². The number of rotatable bonds is 7. The van der Waals surface area contributed by atoms with Crippen LogP contribution in [0, 0.1) is 11.5 Å². The van der Waals surface area contributed by atoms with Crippen molar-refractivity contribution in [3.05, 3.63) is 172 Å². The Bertz CT molecular complexity index is 2870. The number of phenols is 1. The number of nitrogens with zero attached hydrogens (tertiary/aromatic N) is 2. The van der Waals surface area contributed by atoms with Crippen LogP contribution in [0.25, 0.3) is 55.6 Å². The predicted molar refractivity (Wildman–Crippen MR) is 237 cm³/mol. The third kappa shape index (κ3) is 6.74. The van der Waals surface area contributed by atoms with E-state index in [1.165, 1.54) is 38.9 Å². The monoisotopic (exact) mass is 952 g/mol. The minimum Gasteiger partial charge on any atom is -0.507 e. The Morgan fingerprint density at radius 1 is 0.627 bits per heavy atom. The Hall–Kier alpha value is -5.31. The van der Waals surface area contributed by atoms with Crippen molar-refractivity contribution >= 4 is 21.9 Å². The smallest absolute Gasteiger partial charge is 0.124 e. The van der Waals surface area contributed by atoms with Crippen molar-refractivity contribution in [2.24, 2.45) is 5.41 Å². The van der Waals surface area contributed by atoms with Crippen LogP contribution in [0.15, 0.2) is 126 Å². The SMILES string of the molecule is CC(C)c1cccc(C(C)C)c1-c1cc(-c2ccccc2O)nc(C(C)(C)c2cccc(-c3[c-]cc4c(c3)oc3cc5c(cc34)CC3(Cc4ccccc4C3)C5)n2)c1.[Pt]. The molecular weight excluding hydrogens is 904 g/mol. The van der Waals surface area contributed by atoms with E-state index in [-0.39, 0.29) is 26.8 Å². The van der Waals surface area contributed by atoms with Crippen LogP contribution in [0.5, 0.6) is 5.75 Å². The van der Waals surface area contributed by atoms with E-state index >= 15 is 0 Å². The van der Waals surface area contributed by atoms with Crippen molar-refractivity contribution in [1.82, 2.24) is 9.97 Å². The fraction of sp³-hybridized carbons (Fsp3) is 0.259. The van der Waals surface area contributed by atoms with Crippen LogP contribution in [0.1, 0.15) is 98.1 Å². The number of hydrogen-bond donors (Lipinski definition) is 1. The summed E-state index contributed by atoms with van der Waals surface area (Å²) < 4.78 is 6.61. The summed E-state index contributed by atoms with van der Waals surface area (Å²) in [6.45, 7) is 13.4. The van der Waals surface area contributed by atoms with E-state index in [1.807, 2.05) is 18.2 Å². The number of fused-ring (bicyclic) bond motifs is 5. The first-order chi connectivity index (χ1) is 28.0. The maximum absolute atomic E-state index is 11.1. The number of para-hydroxylation sites is 1. The summed E-state index contributed by atoms with van der Waals surface area (Å²) in [6, 6.07) is 46.2. The Labute approximate surface area is 362 Å². The summed E-state index contributed by atoms with van der Waals surface area (Å²) in [5.74, 6) is 0.866. The predicted octanol–water partition coefficient (Wildman–Crippen LogP) is 13.3. The molecule has 0 unspecified atom stereocenters. The zero-order chi connectivity index (χ0) is 39.9. The third-order valence-corrected chi connectivity index (χ3v) is 13.1. The minimum absolute atomic E-state index is 0. The molecule has 4 nitrogen and oxygen atoms in total. The molecule has 5 heteroatoms. The van der Waals surface area contributed by atoms with Gasteiger partial charge in [-0.1, -0.05) is 112 Å². The number of benzene rings is 5. The van der Waals surface area contributed by atoms with Gasteiger partial charge in [0.05, 0.1) is 17.0 Å². The van der Waals surface area contributed by atoms with E-state index in [1.54, 1.807) is 6.07 Å². The topological polar surface area (TPSA) is 59.2 Å². The first kappa shape index (κ1) is 39.2. The molecule has 0 saturated carbocycles. The maximum atomic E-state index is 11.1. The summed E-state index contributed by atoms with van der Waals surface area (Å²) in [5.41, 5.74) is 17.3. The molecule has 0 fully saturated rings. The second-order valence-corrected chi connectivity index (χ2v) is 18.1. The van der Waals surface area contributed by atoms with Gasteiger partial charge < -0.3 is 14.5 Å². The third-order valence-electron chi connectivity index (χ3n) is 13.1. The van der Waals surface area contributed by atoms with Crippen LogP contribution in [0.4, 0.5) is 0 Å². The van der Waals surface area contributed by atoms with Crippen LogP contribution in [-0.4, -0.2) is 15.1 Å². The quantitative estimate of drug-likeness (QED) is 0.162. The van der Waals surface area contributed by atoms with E-state index in [0.29, 0.717) is 22.8 Å². The molecule has 8 aromatic rings. The molecule has 0 amide bonds. The fourth-order valence-electron chi connectivity index (χ4n) is 9.99. The van der Waals surface area contributed by atoms with E-state index in [4.69, 9.17) is 14.4 Å².